The van der Waals surface area contributed by atoms with Gasteiger partial charge in [-0.25, -0.2) is 0 Å². The Morgan fingerprint density at radius 3 is 0.800 bits per heavy atom. The Balaban J connectivity index is -0.0000000298. The number of hydrogen-bond donors (Lipinski definition) is 3. The maximum atomic E-state index is 8.89. The Morgan fingerprint density at radius 2 is 0.800 bits per heavy atom. The van der Waals surface area contributed by atoms with Crippen LogP contribution in [-0.4, -0.2) is 38.7 Å². The molecule has 0 fully saturated rings. The summed E-state index contributed by atoms with van der Waals surface area (Å²) >= 11 is 1.62. The zero-order chi connectivity index (χ0) is 12.7. The first kappa shape index (κ1) is 29.2. The minimum atomic E-state index is -1.08. The summed E-state index contributed by atoms with van der Waals surface area (Å²) in [4.78, 5) is 26.7. The van der Waals surface area contributed by atoms with E-state index in [9.17, 15) is 0 Å². The normalized spacial score (nSPS) is 4.93. The molecule has 0 saturated heterocycles. The minimum absolute atomic E-state index is 0. The number of hydrogen-bond acceptors (Lipinski definition) is 4. The average molecular weight is 261 g/mol. The van der Waals surface area contributed by atoms with Crippen molar-refractivity contribution in [3.8, 4) is 0 Å². The molecule has 0 radical (unpaired) electrons. The van der Waals surface area contributed by atoms with Gasteiger partial charge in [0.25, 0.3) is 0 Å². The molecule has 0 aliphatic heterocycles. The van der Waals surface area contributed by atoms with E-state index in [1.54, 1.807) is 15.9 Å². The molecule has 0 aromatic carbocycles. The van der Waals surface area contributed by atoms with Gasteiger partial charge in [0, 0.05) is 0 Å². The Bertz CT molecular complexity index is 151. The molecule has 0 aromatic rings. The van der Waals surface area contributed by atoms with Crippen molar-refractivity contribution in [2.24, 2.45) is 0 Å². The van der Waals surface area contributed by atoms with Crippen LogP contribution in [0.1, 0.15) is 0 Å². The molecule has 0 aliphatic rings. The van der Waals surface area contributed by atoms with E-state index in [-0.39, 0.29) is 5.48 Å². The van der Waals surface area contributed by atoms with Crippen LogP contribution in [0.3, 0.4) is 0 Å². The van der Waals surface area contributed by atoms with Crippen LogP contribution in [-0.2, 0) is 30.3 Å². The fourth-order valence-electron chi connectivity index (χ4n) is 0. The van der Waals surface area contributed by atoms with Gasteiger partial charge in [0.1, 0.15) is 0 Å². The van der Waals surface area contributed by atoms with E-state index in [1.165, 1.54) is 0 Å². The van der Waals surface area contributed by atoms with Crippen molar-refractivity contribution in [1.29, 1.82) is 4.17 Å². The maximum absolute atomic E-state index is 8.89. The number of carbonyl (C=O) groups is 3. The van der Waals surface area contributed by atoms with Gasteiger partial charge in [-0.1, -0.05) is 0 Å². The molecule has 9 heteroatoms. The van der Waals surface area contributed by atoms with Crippen LogP contribution in [0.2, 0.25) is 0 Å². The summed E-state index contributed by atoms with van der Waals surface area (Å²) in [7, 11) is 0. The van der Waals surface area contributed by atoms with E-state index in [0.717, 1.165) is 0 Å². The Kier molecular flexibility index (Phi) is 57.5. The second-order valence-electron chi connectivity index (χ2n) is 1.18. The molecule has 5 N–H and O–H groups in total. The van der Waals surface area contributed by atoms with Crippen molar-refractivity contribution >= 4 is 17.9 Å². The van der Waals surface area contributed by atoms with Gasteiger partial charge < -0.3 is 20.8 Å². The van der Waals surface area contributed by atoms with Crippen LogP contribution in [0.4, 0.5) is 0 Å². The molecule has 8 nitrogen and oxygen atoms in total. The van der Waals surface area contributed by atoms with Crippen LogP contribution in [0.25, 0.3) is 0 Å². The summed E-state index contributed by atoms with van der Waals surface area (Å²) in [5.41, 5.74) is 0. The number of carboxylic acid groups (broad SMARTS) is 3. The van der Waals surface area contributed by atoms with Gasteiger partial charge in [0.15, 0.2) is 17.9 Å². The Labute approximate surface area is 94.5 Å². The van der Waals surface area contributed by atoms with Crippen LogP contribution in [0, 0.1) is 24.9 Å². The van der Waals surface area contributed by atoms with Crippen molar-refractivity contribution in [3.05, 3.63) is 20.8 Å². The van der Waals surface area contributed by atoms with Crippen molar-refractivity contribution < 1.29 is 51.1 Å². The van der Waals surface area contributed by atoms with Crippen LogP contribution >= 0.6 is 0 Å². The molecule has 15 heavy (non-hydrogen) atoms. The topological polar surface area (TPSA) is 167 Å². The summed E-state index contributed by atoms with van der Waals surface area (Å²) < 4.78 is 6.88. The number of aliphatic carboxylic acids is 3. The summed E-state index contributed by atoms with van der Waals surface area (Å²) in [6.45, 7) is 7.67. The summed E-state index contributed by atoms with van der Waals surface area (Å²) in [6, 6.07) is 0. The molecule has 91 valence electrons. The quantitative estimate of drug-likeness (QED) is 0.465. The predicted molar refractivity (Wildman–Crippen MR) is 44.3 cm³/mol. The molecule has 0 atom stereocenters. The number of nitrogens with zero attached hydrogens (tertiary/aromatic N) is 1. The van der Waals surface area contributed by atoms with E-state index in [0.29, 0.717) is 0 Å². The van der Waals surface area contributed by atoms with E-state index in [1.807, 2.05) is 0 Å². The molecule has 0 bridgehead atoms. The Hall–Kier alpha value is -1.78. The molecule has 0 aliphatic carbocycles. The zero-order valence-electron chi connectivity index (χ0n) is 7.54. The molecular weight excluding hydrogens is 250 g/mol. The van der Waals surface area contributed by atoms with Gasteiger partial charge >= 0.3 is 20.1 Å². The van der Waals surface area contributed by atoms with Gasteiger partial charge in [-0.2, -0.15) is 0 Å². The van der Waals surface area contributed by atoms with Crippen LogP contribution in [0.15, 0.2) is 0 Å². The van der Waals surface area contributed by atoms with Crippen LogP contribution < -0.4 is 0 Å². The third kappa shape index (κ3) is 404. The number of carboxylic acids is 3. The van der Waals surface area contributed by atoms with Gasteiger partial charge in [-0.05, 0) is 0 Å². The third-order valence-corrected chi connectivity index (χ3v) is 0. The first-order valence-corrected chi connectivity index (χ1v) is 3.10. The molecule has 0 heterocycles. The first-order chi connectivity index (χ1) is 6.20. The van der Waals surface area contributed by atoms with Crippen molar-refractivity contribution in [2.45, 2.75) is 0 Å². The fourth-order valence-corrected chi connectivity index (χ4v) is 0. The standard InChI is InChI=1S/3C2H3O2.Cr.N.H2O/c3*1-2(3)4;;;/h3*1H2,(H,3,4);;;1H2/q3*-1;;;. The average Bonchev–Trinajstić information content (AvgIpc) is 1.86. The van der Waals surface area contributed by atoms with E-state index in [2.05, 4.69) is 20.8 Å². The SMILES string of the molecule is O.[CH2-]C(=O)O.[CH2-]C(=O)O.[CH2-]C(=O)O.[N]#[Cr]. The molecule has 0 saturated carbocycles. The summed E-state index contributed by atoms with van der Waals surface area (Å²) in [6.07, 6.45) is 0. The van der Waals surface area contributed by atoms with E-state index >= 15 is 0 Å². The van der Waals surface area contributed by atoms with Crippen LogP contribution in [0.5, 0.6) is 0 Å². The summed E-state index contributed by atoms with van der Waals surface area (Å²) in [5, 5.41) is 21.9. The summed E-state index contributed by atoms with van der Waals surface area (Å²) in [5.74, 6) is -3.25. The fraction of sp³-hybridized carbons (Fsp3) is 0. The second-order valence-corrected chi connectivity index (χ2v) is 1.18. The van der Waals surface area contributed by atoms with Gasteiger partial charge in [-0.3, -0.25) is 35.2 Å². The monoisotopic (exact) mass is 261 g/mol. The molecule has 0 unspecified atom stereocenters. The zero-order valence-corrected chi connectivity index (χ0v) is 8.82. The van der Waals surface area contributed by atoms with Crippen molar-refractivity contribution in [2.75, 3.05) is 0 Å². The molecule has 0 amide bonds. The molecular formula is C6H11CrNO7-3. The molecule has 0 rings (SSSR count). The van der Waals surface area contributed by atoms with Crippen molar-refractivity contribution in [1.82, 2.24) is 0 Å². The number of rotatable bonds is 0. The molecule has 0 aromatic heterocycles. The first-order valence-electron chi connectivity index (χ1n) is 2.53. The predicted octanol–water partition coefficient (Wildman–Crippen LogP) is -1.10. The van der Waals surface area contributed by atoms with E-state index < -0.39 is 17.9 Å². The van der Waals surface area contributed by atoms with E-state index in [4.69, 9.17) is 33.9 Å². The second kappa shape index (κ2) is 29.5. The van der Waals surface area contributed by atoms with Gasteiger partial charge in [0.05, 0.1) is 0 Å². The van der Waals surface area contributed by atoms with Gasteiger partial charge in [-0.15, -0.1) is 0 Å². The Morgan fingerprint density at radius 1 is 0.800 bits per heavy atom. The third-order valence-electron chi connectivity index (χ3n) is 0. The molecule has 0 spiro atoms. The van der Waals surface area contributed by atoms with Crippen molar-refractivity contribution in [3.63, 3.8) is 0 Å². The van der Waals surface area contributed by atoms with Gasteiger partial charge in [0.2, 0.25) is 0 Å².